The maximum Gasteiger partial charge on any atom is 0.261 e. The van der Waals surface area contributed by atoms with Crippen molar-refractivity contribution in [1.82, 2.24) is 14.3 Å². The van der Waals surface area contributed by atoms with E-state index in [4.69, 9.17) is 4.74 Å². The van der Waals surface area contributed by atoms with Gasteiger partial charge in [-0.1, -0.05) is 30.3 Å². The zero-order valence-corrected chi connectivity index (χ0v) is 17.7. The molecule has 1 saturated heterocycles. The number of hydrogen-bond acceptors (Lipinski definition) is 5. The summed E-state index contributed by atoms with van der Waals surface area (Å²) in [6.07, 6.45) is 2.56. The number of rotatable bonds is 3. The van der Waals surface area contributed by atoms with E-state index in [1.54, 1.807) is 4.40 Å². The van der Waals surface area contributed by atoms with Crippen LogP contribution in [-0.2, 0) is 6.42 Å². The van der Waals surface area contributed by atoms with E-state index in [1.165, 1.54) is 27.7 Å². The van der Waals surface area contributed by atoms with Gasteiger partial charge in [-0.25, -0.2) is 4.98 Å². The molecule has 4 heterocycles. The number of ether oxygens (including phenoxy) is 1. The Morgan fingerprint density at radius 1 is 1.20 bits per heavy atom. The van der Waals surface area contributed by atoms with Gasteiger partial charge in [0.15, 0.2) is 4.96 Å². The van der Waals surface area contributed by atoms with Gasteiger partial charge >= 0.3 is 0 Å². The molecule has 1 fully saturated rings. The van der Waals surface area contributed by atoms with Gasteiger partial charge in [0.1, 0.15) is 5.75 Å². The van der Waals surface area contributed by atoms with Crippen LogP contribution in [0.25, 0.3) is 15.7 Å². The lowest BCUT2D eigenvalue weighted by atomic mass is 9.84. The SMILES string of the molecule is Cc1nc2sccn2c(=O)c1CCN1C[C@@H]2COc3ccc4ccccc4c3[C@H]2C1. The molecule has 2 aliphatic rings. The van der Waals surface area contributed by atoms with Crippen LogP contribution in [0.5, 0.6) is 5.75 Å². The molecule has 5 nitrogen and oxygen atoms in total. The molecular weight excluding hydrogens is 394 g/mol. The van der Waals surface area contributed by atoms with Crippen molar-refractivity contribution < 1.29 is 4.74 Å². The fraction of sp³-hybridized carbons (Fsp3) is 0.333. The quantitative estimate of drug-likeness (QED) is 0.508. The summed E-state index contributed by atoms with van der Waals surface area (Å²) in [7, 11) is 0. The Bertz CT molecular complexity index is 1330. The number of likely N-dealkylation sites (tertiary alicyclic amines) is 1. The highest BCUT2D eigenvalue weighted by atomic mass is 32.1. The predicted octanol–water partition coefficient (Wildman–Crippen LogP) is 3.87. The zero-order valence-electron chi connectivity index (χ0n) is 16.9. The first kappa shape index (κ1) is 18.1. The average molecular weight is 418 g/mol. The Labute approximate surface area is 178 Å². The average Bonchev–Trinajstić information content (AvgIpc) is 3.39. The fourth-order valence-corrected chi connectivity index (χ4v) is 5.95. The Morgan fingerprint density at radius 2 is 2.10 bits per heavy atom. The first-order valence-electron chi connectivity index (χ1n) is 10.5. The minimum Gasteiger partial charge on any atom is -0.493 e. The summed E-state index contributed by atoms with van der Waals surface area (Å²) in [4.78, 5) is 20.8. The van der Waals surface area contributed by atoms with Crippen LogP contribution >= 0.6 is 11.3 Å². The van der Waals surface area contributed by atoms with Crippen molar-refractivity contribution in [2.75, 3.05) is 26.2 Å². The molecule has 4 aromatic rings. The maximum atomic E-state index is 12.9. The Balaban J connectivity index is 1.27. The number of hydrogen-bond donors (Lipinski definition) is 0. The Hall–Kier alpha value is -2.70. The van der Waals surface area contributed by atoms with Crippen molar-refractivity contribution >= 4 is 27.1 Å². The van der Waals surface area contributed by atoms with Crippen molar-refractivity contribution in [2.24, 2.45) is 5.92 Å². The van der Waals surface area contributed by atoms with Gasteiger partial charge in [0, 0.05) is 59.9 Å². The summed E-state index contributed by atoms with van der Waals surface area (Å²) in [5, 5.41) is 4.50. The van der Waals surface area contributed by atoms with Gasteiger partial charge in [0.25, 0.3) is 5.56 Å². The molecule has 152 valence electrons. The topological polar surface area (TPSA) is 46.8 Å². The Kier molecular flexibility index (Phi) is 4.18. The molecule has 30 heavy (non-hydrogen) atoms. The van der Waals surface area contributed by atoms with Gasteiger partial charge in [-0.05, 0) is 30.2 Å². The van der Waals surface area contributed by atoms with Crippen LogP contribution in [0, 0.1) is 12.8 Å². The van der Waals surface area contributed by atoms with E-state index in [9.17, 15) is 4.79 Å². The fourth-order valence-electron chi connectivity index (χ4n) is 5.20. The van der Waals surface area contributed by atoms with Crippen molar-refractivity contribution in [3.63, 3.8) is 0 Å². The van der Waals surface area contributed by atoms with E-state index in [1.807, 2.05) is 18.5 Å². The summed E-state index contributed by atoms with van der Waals surface area (Å²) in [6, 6.07) is 12.9. The lowest BCUT2D eigenvalue weighted by molar-refractivity contribution is 0.214. The van der Waals surface area contributed by atoms with E-state index in [2.05, 4.69) is 46.3 Å². The largest absolute Gasteiger partial charge is 0.493 e. The number of aryl methyl sites for hydroxylation is 1. The predicted molar refractivity (Wildman–Crippen MR) is 120 cm³/mol. The van der Waals surface area contributed by atoms with Gasteiger partial charge in [-0.3, -0.25) is 9.20 Å². The van der Waals surface area contributed by atoms with E-state index < -0.39 is 0 Å². The van der Waals surface area contributed by atoms with E-state index in [0.29, 0.717) is 11.8 Å². The molecule has 0 unspecified atom stereocenters. The normalized spacial score (nSPS) is 21.0. The summed E-state index contributed by atoms with van der Waals surface area (Å²) < 4.78 is 7.82. The third-order valence-corrected chi connectivity index (χ3v) is 7.47. The first-order valence-corrected chi connectivity index (χ1v) is 11.4. The van der Waals surface area contributed by atoms with Crippen molar-refractivity contribution in [3.8, 4) is 5.75 Å². The van der Waals surface area contributed by atoms with Crippen molar-refractivity contribution in [2.45, 2.75) is 19.3 Å². The van der Waals surface area contributed by atoms with Gasteiger partial charge in [-0.2, -0.15) is 0 Å². The molecule has 6 rings (SSSR count). The van der Waals surface area contributed by atoms with Crippen LogP contribution in [0.4, 0.5) is 0 Å². The van der Waals surface area contributed by atoms with Gasteiger partial charge in [0.2, 0.25) is 0 Å². The molecular formula is C24H23N3O2S. The number of aromatic nitrogens is 2. The highest BCUT2D eigenvalue weighted by molar-refractivity contribution is 7.15. The van der Waals surface area contributed by atoms with Crippen LogP contribution in [0.15, 0.2) is 52.8 Å². The van der Waals surface area contributed by atoms with Crippen LogP contribution < -0.4 is 10.3 Å². The van der Waals surface area contributed by atoms with Gasteiger partial charge in [0.05, 0.1) is 6.61 Å². The highest BCUT2D eigenvalue weighted by Gasteiger charge is 2.39. The monoisotopic (exact) mass is 417 g/mol. The second-order valence-electron chi connectivity index (χ2n) is 8.42. The van der Waals surface area contributed by atoms with E-state index >= 15 is 0 Å². The van der Waals surface area contributed by atoms with E-state index in [0.717, 1.165) is 54.6 Å². The molecule has 0 N–H and O–H groups in total. The molecule has 0 amide bonds. The minimum absolute atomic E-state index is 0.0787. The Morgan fingerprint density at radius 3 is 3.03 bits per heavy atom. The maximum absolute atomic E-state index is 12.9. The minimum atomic E-state index is 0.0787. The molecule has 0 aliphatic carbocycles. The van der Waals surface area contributed by atoms with Crippen LogP contribution in [0.2, 0.25) is 0 Å². The second-order valence-corrected chi connectivity index (χ2v) is 9.30. The molecule has 0 radical (unpaired) electrons. The van der Waals surface area contributed by atoms with Crippen molar-refractivity contribution in [1.29, 1.82) is 0 Å². The molecule has 2 aromatic carbocycles. The summed E-state index contributed by atoms with van der Waals surface area (Å²) >= 11 is 1.50. The molecule has 2 aliphatic heterocycles. The van der Waals surface area contributed by atoms with E-state index in [-0.39, 0.29) is 5.56 Å². The number of thiazole rings is 1. The third kappa shape index (κ3) is 2.78. The smallest absolute Gasteiger partial charge is 0.261 e. The highest BCUT2D eigenvalue weighted by Crippen LogP contribution is 2.45. The van der Waals surface area contributed by atoms with Crippen LogP contribution in [-0.4, -0.2) is 40.5 Å². The molecule has 0 saturated carbocycles. The third-order valence-electron chi connectivity index (χ3n) is 6.72. The van der Waals surface area contributed by atoms with Crippen LogP contribution in [0.1, 0.15) is 22.7 Å². The number of benzene rings is 2. The number of fused-ring (bicyclic) bond motifs is 6. The lowest BCUT2D eigenvalue weighted by Gasteiger charge is -2.29. The second kappa shape index (κ2) is 6.93. The lowest BCUT2D eigenvalue weighted by Crippen LogP contribution is -2.28. The summed E-state index contributed by atoms with van der Waals surface area (Å²) in [5.41, 5.74) is 3.14. The first-order chi connectivity index (χ1) is 14.7. The summed E-state index contributed by atoms with van der Waals surface area (Å²) in [6.45, 7) is 5.64. The van der Waals surface area contributed by atoms with Crippen molar-refractivity contribution in [3.05, 3.63) is 75.1 Å². The molecule has 6 heteroatoms. The standard InChI is InChI=1S/C24H23N3O2S/c1-15-18(23(28)27-10-11-30-24(27)25-15)8-9-26-12-17-14-29-21-7-6-16-4-2-3-5-19(16)22(21)20(17)13-26/h2-7,10-11,17,20H,8-9,12-14H2,1H3/t17-,20+/m1/s1. The van der Waals surface area contributed by atoms with Gasteiger partial charge < -0.3 is 9.64 Å². The molecule has 0 bridgehead atoms. The zero-order chi connectivity index (χ0) is 20.2. The van der Waals surface area contributed by atoms with Gasteiger partial charge in [-0.15, -0.1) is 11.3 Å². The number of nitrogens with zero attached hydrogens (tertiary/aromatic N) is 3. The summed E-state index contributed by atoms with van der Waals surface area (Å²) in [5.74, 6) is 2.03. The van der Waals surface area contributed by atoms with Crippen LogP contribution in [0.3, 0.4) is 0 Å². The molecule has 2 aromatic heterocycles. The molecule has 2 atom stereocenters. The molecule has 0 spiro atoms.